The van der Waals surface area contributed by atoms with Crippen LogP contribution in [-0.2, 0) is 11.2 Å². The third-order valence-corrected chi connectivity index (χ3v) is 5.08. The van der Waals surface area contributed by atoms with Crippen molar-refractivity contribution < 1.29 is 4.79 Å². The maximum Gasteiger partial charge on any atom is 0.220 e. The molecule has 3 nitrogen and oxygen atoms in total. The molecule has 1 aliphatic heterocycles. The number of carbonyl (C=O) groups is 1. The van der Waals surface area contributed by atoms with Gasteiger partial charge < -0.3 is 10.6 Å². The summed E-state index contributed by atoms with van der Waals surface area (Å²) in [5.74, 6) is 0.770. The average molecular weight is 393 g/mol. The zero-order chi connectivity index (χ0) is 17.5. The number of rotatable bonds is 7. The Bertz CT molecular complexity index is 670. The lowest BCUT2D eigenvalue weighted by molar-refractivity contribution is -0.122. The number of carbonyl (C=O) groups excluding carboxylic acids is 1. The van der Waals surface area contributed by atoms with E-state index in [1.54, 1.807) is 0 Å². The van der Waals surface area contributed by atoms with Crippen LogP contribution in [0.2, 0.25) is 5.02 Å². The highest BCUT2D eigenvalue weighted by molar-refractivity contribution is 6.30. The predicted molar refractivity (Wildman–Crippen MR) is 110 cm³/mol. The molecule has 2 atom stereocenters. The highest BCUT2D eigenvalue weighted by atomic mass is 35.5. The third-order valence-electron chi connectivity index (χ3n) is 4.83. The monoisotopic (exact) mass is 392 g/mol. The van der Waals surface area contributed by atoms with Gasteiger partial charge in [-0.25, -0.2) is 0 Å². The molecular formula is C21H26Cl2N2O. The van der Waals surface area contributed by atoms with Crippen LogP contribution in [-0.4, -0.2) is 19.0 Å². The van der Waals surface area contributed by atoms with Crippen LogP contribution in [0, 0.1) is 5.92 Å². The molecular weight excluding hydrogens is 367 g/mol. The summed E-state index contributed by atoms with van der Waals surface area (Å²) < 4.78 is 0. The van der Waals surface area contributed by atoms with Gasteiger partial charge in [0.1, 0.15) is 0 Å². The van der Waals surface area contributed by atoms with Crippen molar-refractivity contribution in [2.45, 2.75) is 31.7 Å². The quantitative estimate of drug-likeness (QED) is 0.725. The summed E-state index contributed by atoms with van der Waals surface area (Å²) in [6.45, 7) is 2.12. The summed E-state index contributed by atoms with van der Waals surface area (Å²) in [7, 11) is 0. The Morgan fingerprint density at radius 3 is 2.54 bits per heavy atom. The first kappa shape index (κ1) is 20.8. The molecule has 2 N–H and O–H groups in total. The van der Waals surface area contributed by atoms with Crippen molar-refractivity contribution in [1.29, 1.82) is 0 Å². The highest BCUT2D eigenvalue weighted by Crippen LogP contribution is 2.21. The lowest BCUT2D eigenvalue weighted by atomic mass is 9.98. The average Bonchev–Trinajstić information content (AvgIpc) is 3.16. The maximum atomic E-state index is 12.5. The zero-order valence-electron chi connectivity index (χ0n) is 14.8. The van der Waals surface area contributed by atoms with E-state index in [4.69, 9.17) is 11.6 Å². The summed E-state index contributed by atoms with van der Waals surface area (Å²) in [6.07, 6.45) is 3.50. The molecule has 2 aromatic carbocycles. The molecule has 1 fully saturated rings. The van der Waals surface area contributed by atoms with Crippen LogP contribution in [0.15, 0.2) is 54.6 Å². The Labute approximate surface area is 166 Å². The largest absolute Gasteiger partial charge is 0.349 e. The van der Waals surface area contributed by atoms with Crippen molar-refractivity contribution in [1.82, 2.24) is 10.6 Å². The second-order valence-electron chi connectivity index (χ2n) is 6.76. The Morgan fingerprint density at radius 2 is 1.88 bits per heavy atom. The fourth-order valence-corrected chi connectivity index (χ4v) is 3.48. The molecule has 26 heavy (non-hydrogen) atoms. The summed E-state index contributed by atoms with van der Waals surface area (Å²) in [4.78, 5) is 12.5. The van der Waals surface area contributed by atoms with Crippen LogP contribution in [0.3, 0.4) is 0 Å². The molecule has 1 aliphatic rings. The van der Waals surface area contributed by atoms with Gasteiger partial charge in [-0.05, 0) is 61.5 Å². The highest BCUT2D eigenvalue weighted by Gasteiger charge is 2.18. The SMILES string of the molecule is Cl.O=C(CCC1CCNC1)NC(Cc1ccc(Cl)cc1)c1ccccc1. The van der Waals surface area contributed by atoms with Gasteiger partial charge in [0.2, 0.25) is 5.91 Å². The number of amides is 1. The number of halogens is 2. The standard InChI is InChI=1S/C21H25ClN2O.ClH/c22-19-9-6-16(7-10-19)14-20(18-4-2-1-3-5-18)24-21(25)11-8-17-12-13-23-15-17;/h1-7,9-10,17,20,23H,8,11-15H2,(H,24,25);1H. The van der Waals surface area contributed by atoms with Gasteiger partial charge in [0.25, 0.3) is 0 Å². The van der Waals surface area contributed by atoms with Gasteiger partial charge >= 0.3 is 0 Å². The summed E-state index contributed by atoms with van der Waals surface area (Å²) in [5, 5.41) is 7.32. The van der Waals surface area contributed by atoms with Gasteiger partial charge in [-0.2, -0.15) is 0 Å². The molecule has 0 radical (unpaired) electrons. The maximum absolute atomic E-state index is 12.5. The Hall–Kier alpha value is -1.55. The second-order valence-corrected chi connectivity index (χ2v) is 7.20. The van der Waals surface area contributed by atoms with Gasteiger partial charge in [0.05, 0.1) is 6.04 Å². The molecule has 0 bridgehead atoms. The van der Waals surface area contributed by atoms with Crippen LogP contribution in [0.25, 0.3) is 0 Å². The minimum atomic E-state index is -0.0171. The van der Waals surface area contributed by atoms with Gasteiger partial charge in [-0.3, -0.25) is 4.79 Å². The fourth-order valence-electron chi connectivity index (χ4n) is 3.36. The first-order valence-corrected chi connectivity index (χ1v) is 9.38. The molecule has 2 aromatic rings. The molecule has 3 rings (SSSR count). The molecule has 1 amide bonds. The Morgan fingerprint density at radius 1 is 1.15 bits per heavy atom. The Balaban J connectivity index is 0.00000243. The van der Waals surface area contributed by atoms with E-state index in [2.05, 4.69) is 22.8 Å². The number of nitrogens with one attached hydrogen (secondary N) is 2. The van der Waals surface area contributed by atoms with Gasteiger partial charge in [0.15, 0.2) is 0 Å². The van der Waals surface area contributed by atoms with E-state index < -0.39 is 0 Å². The van der Waals surface area contributed by atoms with Crippen molar-refractivity contribution in [3.8, 4) is 0 Å². The first-order valence-electron chi connectivity index (χ1n) is 9.00. The van der Waals surface area contributed by atoms with Crippen molar-refractivity contribution in [3.63, 3.8) is 0 Å². The van der Waals surface area contributed by atoms with Crippen molar-refractivity contribution >= 4 is 29.9 Å². The summed E-state index contributed by atoms with van der Waals surface area (Å²) in [5.41, 5.74) is 2.30. The Kier molecular flexibility index (Phi) is 8.43. The summed E-state index contributed by atoms with van der Waals surface area (Å²) >= 11 is 5.98. The van der Waals surface area contributed by atoms with E-state index >= 15 is 0 Å². The first-order chi connectivity index (χ1) is 12.2. The van der Waals surface area contributed by atoms with E-state index in [1.165, 1.54) is 12.0 Å². The molecule has 0 aromatic heterocycles. The molecule has 2 unspecified atom stereocenters. The number of hydrogen-bond donors (Lipinski definition) is 2. The zero-order valence-corrected chi connectivity index (χ0v) is 16.4. The lowest BCUT2D eigenvalue weighted by Gasteiger charge is -2.20. The molecule has 0 saturated carbocycles. The molecule has 1 heterocycles. The van der Waals surface area contributed by atoms with Gasteiger partial charge in [-0.1, -0.05) is 54.1 Å². The van der Waals surface area contributed by atoms with Crippen molar-refractivity contribution in [2.75, 3.05) is 13.1 Å². The predicted octanol–water partition coefficient (Wildman–Crippen LogP) is 4.55. The van der Waals surface area contributed by atoms with E-state index in [1.807, 2.05) is 42.5 Å². The molecule has 0 spiro atoms. The molecule has 0 aliphatic carbocycles. The molecule has 5 heteroatoms. The van der Waals surface area contributed by atoms with E-state index in [9.17, 15) is 4.79 Å². The fraction of sp³-hybridized carbons (Fsp3) is 0.381. The second kappa shape index (κ2) is 10.6. The van der Waals surface area contributed by atoms with Crippen LogP contribution in [0.5, 0.6) is 0 Å². The van der Waals surface area contributed by atoms with Crippen molar-refractivity contribution in [3.05, 3.63) is 70.7 Å². The van der Waals surface area contributed by atoms with Crippen molar-refractivity contribution in [2.24, 2.45) is 5.92 Å². The normalized spacial score (nSPS) is 17.3. The van der Waals surface area contributed by atoms with Crippen LogP contribution in [0.1, 0.15) is 36.4 Å². The topological polar surface area (TPSA) is 41.1 Å². The van der Waals surface area contributed by atoms with Gasteiger partial charge in [0, 0.05) is 11.4 Å². The third kappa shape index (κ3) is 6.31. The lowest BCUT2D eigenvalue weighted by Crippen LogP contribution is -2.30. The number of hydrogen-bond acceptors (Lipinski definition) is 2. The molecule has 140 valence electrons. The minimum Gasteiger partial charge on any atom is -0.349 e. The van der Waals surface area contributed by atoms with Crippen LogP contribution in [0.4, 0.5) is 0 Å². The van der Waals surface area contributed by atoms with Gasteiger partial charge in [-0.15, -0.1) is 12.4 Å². The van der Waals surface area contributed by atoms with E-state index in [0.29, 0.717) is 12.3 Å². The van der Waals surface area contributed by atoms with E-state index in [-0.39, 0.29) is 24.4 Å². The van der Waals surface area contributed by atoms with Crippen LogP contribution < -0.4 is 10.6 Å². The summed E-state index contributed by atoms with van der Waals surface area (Å²) in [6, 6.07) is 18.0. The van der Waals surface area contributed by atoms with Crippen LogP contribution >= 0.6 is 24.0 Å². The van der Waals surface area contributed by atoms with E-state index in [0.717, 1.165) is 36.5 Å². The smallest absolute Gasteiger partial charge is 0.220 e. The minimum absolute atomic E-state index is 0. The molecule has 1 saturated heterocycles. The number of benzene rings is 2.